The Morgan fingerprint density at radius 2 is 2.26 bits per heavy atom. The molecule has 0 saturated carbocycles. The maximum Gasteiger partial charge on any atom is 0.329 e. The molecule has 0 spiro atoms. The number of benzene rings is 1. The first-order valence-corrected chi connectivity index (χ1v) is 8.63. The van der Waals surface area contributed by atoms with Crippen LogP contribution in [-0.2, 0) is 4.79 Å². The number of aliphatic imine (C=N–C) groups is 1. The average molecular weight is 330 g/mol. The third-order valence-electron chi connectivity index (χ3n) is 3.58. The summed E-state index contributed by atoms with van der Waals surface area (Å²) in [6, 6.07) is 9.01. The van der Waals surface area contributed by atoms with Crippen LogP contribution >= 0.6 is 11.8 Å². The van der Waals surface area contributed by atoms with E-state index in [1.165, 1.54) is 11.8 Å². The molecule has 0 unspecified atom stereocenters. The Kier molecular flexibility index (Phi) is 4.81. The highest BCUT2D eigenvalue weighted by Gasteiger charge is 2.25. The van der Waals surface area contributed by atoms with E-state index in [9.17, 15) is 4.79 Å². The molecule has 2 aromatic rings. The zero-order valence-corrected chi connectivity index (χ0v) is 13.7. The molecule has 1 aromatic heterocycles. The summed E-state index contributed by atoms with van der Waals surface area (Å²) in [4.78, 5) is 19.8. The maximum absolute atomic E-state index is 11.0. The number of nitrogens with zero attached hydrogens (tertiary/aromatic N) is 2. The summed E-state index contributed by atoms with van der Waals surface area (Å²) in [5.41, 5.74) is 1.58. The highest BCUT2D eigenvalue weighted by molar-refractivity contribution is 8.14. The normalized spacial score (nSPS) is 17.3. The number of aliphatic carboxylic acids is 1. The molecule has 1 aliphatic heterocycles. The van der Waals surface area contributed by atoms with Gasteiger partial charge in [-0.25, -0.2) is 9.78 Å². The van der Waals surface area contributed by atoms with Gasteiger partial charge in [-0.05, 0) is 30.7 Å². The van der Waals surface area contributed by atoms with E-state index >= 15 is 0 Å². The SMILES string of the molecule is CCCCOc1ccc2nc(C3=N[C@@H](C(=O)O)CS3)ccc2c1. The number of hydrogen-bond acceptors (Lipinski definition) is 5. The van der Waals surface area contributed by atoms with Gasteiger partial charge in [-0.2, -0.15) is 0 Å². The quantitative estimate of drug-likeness (QED) is 0.822. The van der Waals surface area contributed by atoms with Crippen LogP contribution < -0.4 is 4.74 Å². The average Bonchev–Trinajstić information content (AvgIpc) is 3.05. The van der Waals surface area contributed by atoms with Crippen LogP contribution in [0.1, 0.15) is 25.5 Å². The molecular weight excluding hydrogens is 312 g/mol. The first kappa shape index (κ1) is 15.8. The lowest BCUT2D eigenvalue weighted by atomic mass is 10.2. The summed E-state index contributed by atoms with van der Waals surface area (Å²) in [6.07, 6.45) is 2.15. The molecule has 1 aliphatic rings. The van der Waals surface area contributed by atoms with Crippen molar-refractivity contribution in [1.29, 1.82) is 0 Å². The third-order valence-corrected chi connectivity index (χ3v) is 4.65. The van der Waals surface area contributed by atoms with Crippen molar-refractivity contribution in [1.82, 2.24) is 4.98 Å². The van der Waals surface area contributed by atoms with E-state index in [1.54, 1.807) is 0 Å². The summed E-state index contributed by atoms with van der Waals surface area (Å²) >= 11 is 1.44. The van der Waals surface area contributed by atoms with Crippen molar-refractivity contribution < 1.29 is 14.6 Å². The highest BCUT2D eigenvalue weighted by Crippen LogP contribution is 2.25. The number of hydrogen-bond donors (Lipinski definition) is 1. The van der Waals surface area contributed by atoms with Gasteiger partial charge in [0.15, 0.2) is 6.04 Å². The second-order valence-electron chi connectivity index (χ2n) is 5.35. The van der Waals surface area contributed by atoms with Crippen LogP contribution in [0.4, 0.5) is 0 Å². The molecule has 0 fully saturated rings. The molecule has 0 amide bonds. The minimum atomic E-state index is -0.887. The Morgan fingerprint density at radius 1 is 1.39 bits per heavy atom. The Morgan fingerprint density at radius 3 is 3.00 bits per heavy atom. The second kappa shape index (κ2) is 7.00. The Hall–Kier alpha value is -2.08. The molecular formula is C17H18N2O3S. The second-order valence-corrected chi connectivity index (χ2v) is 6.36. The van der Waals surface area contributed by atoms with E-state index in [4.69, 9.17) is 9.84 Å². The van der Waals surface area contributed by atoms with Gasteiger partial charge in [0.2, 0.25) is 0 Å². The minimum Gasteiger partial charge on any atom is -0.494 e. The molecule has 120 valence electrons. The van der Waals surface area contributed by atoms with Gasteiger partial charge >= 0.3 is 5.97 Å². The van der Waals surface area contributed by atoms with Crippen LogP contribution in [0, 0.1) is 0 Å². The van der Waals surface area contributed by atoms with Gasteiger partial charge in [0.1, 0.15) is 10.8 Å². The summed E-state index contributed by atoms with van der Waals surface area (Å²) in [6.45, 7) is 2.85. The number of carboxylic acid groups (broad SMARTS) is 1. The molecule has 1 aromatic carbocycles. The van der Waals surface area contributed by atoms with E-state index in [-0.39, 0.29) is 0 Å². The third kappa shape index (κ3) is 3.64. The molecule has 6 heteroatoms. The van der Waals surface area contributed by atoms with E-state index in [2.05, 4.69) is 16.9 Å². The smallest absolute Gasteiger partial charge is 0.329 e. The van der Waals surface area contributed by atoms with Gasteiger partial charge in [0.25, 0.3) is 0 Å². The van der Waals surface area contributed by atoms with Gasteiger partial charge < -0.3 is 9.84 Å². The number of aromatic nitrogens is 1. The molecule has 3 rings (SSSR count). The van der Waals surface area contributed by atoms with Crippen LogP contribution in [0.15, 0.2) is 35.3 Å². The monoisotopic (exact) mass is 330 g/mol. The molecule has 1 atom stereocenters. The number of carbonyl (C=O) groups is 1. The van der Waals surface area contributed by atoms with Gasteiger partial charge in [0.05, 0.1) is 17.8 Å². The number of carboxylic acids is 1. The Labute approximate surface area is 138 Å². The molecule has 2 heterocycles. The zero-order chi connectivity index (χ0) is 16.2. The van der Waals surface area contributed by atoms with E-state index in [0.717, 1.165) is 41.8 Å². The van der Waals surface area contributed by atoms with Crippen molar-refractivity contribution in [2.45, 2.75) is 25.8 Å². The fourth-order valence-electron chi connectivity index (χ4n) is 2.29. The van der Waals surface area contributed by atoms with Crippen molar-refractivity contribution >= 4 is 33.7 Å². The molecule has 0 radical (unpaired) electrons. The molecule has 0 saturated heterocycles. The number of thioether (sulfide) groups is 1. The molecule has 23 heavy (non-hydrogen) atoms. The van der Waals surface area contributed by atoms with Gasteiger partial charge in [-0.3, -0.25) is 4.99 Å². The number of ether oxygens (including phenoxy) is 1. The predicted octanol–water partition coefficient (Wildman–Crippen LogP) is 3.36. The minimum absolute atomic E-state index is 0.467. The number of unbranched alkanes of at least 4 members (excludes halogenated alkanes) is 1. The molecule has 0 aliphatic carbocycles. The largest absolute Gasteiger partial charge is 0.494 e. The predicted molar refractivity (Wildman–Crippen MR) is 92.6 cm³/mol. The van der Waals surface area contributed by atoms with Gasteiger partial charge in [-0.1, -0.05) is 19.4 Å². The van der Waals surface area contributed by atoms with Crippen LogP contribution in [0.3, 0.4) is 0 Å². The number of fused-ring (bicyclic) bond motifs is 1. The van der Waals surface area contributed by atoms with Crippen LogP contribution in [0.5, 0.6) is 5.75 Å². The first-order chi connectivity index (χ1) is 11.2. The lowest BCUT2D eigenvalue weighted by Crippen LogP contribution is -2.17. The summed E-state index contributed by atoms with van der Waals surface area (Å²) < 4.78 is 5.70. The van der Waals surface area contributed by atoms with Crippen molar-refractivity contribution in [3.63, 3.8) is 0 Å². The lowest BCUT2D eigenvalue weighted by Gasteiger charge is -2.07. The Bertz CT molecular complexity index is 761. The maximum atomic E-state index is 11.0. The number of rotatable bonds is 6. The highest BCUT2D eigenvalue weighted by atomic mass is 32.2. The standard InChI is InChI=1S/C17H18N2O3S/c1-2-3-8-22-12-5-7-13-11(9-12)4-6-14(18-13)16-19-15(10-23-16)17(20)21/h4-7,9,15H,2-3,8,10H2,1H3,(H,20,21)/t15-/m1/s1. The van der Waals surface area contributed by atoms with E-state index in [0.29, 0.717) is 10.8 Å². The summed E-state index contributed by atoms with van der Waals surface area (Å²) in [5.74, 6) is 0.426. The summed E-state index contributed by atoms with van der Waals surface area (Å²) in [5, 5.41) is 10.7. The first-order valence-electron chi connectivity index (χ1n) is 7.65. The number of pyridine rings is 1. The Balaban J connectivity index is 1.81. The van der Waals surface area contributed by atoms with Gasteiger partial charge in [-0.15, -0.1) is 11.8 Å². The molecule has 0 bridgehead atoms. The van der Waals surface area contributed by atoms with Crippen molar-refractivity contribution in [2.24, 2.45) is 4.99 Å². The van der Waals surface area contributed by atoms with Crippen LogP contribution in [-0.4, -0.2) is 39.5 Å². The van der Waals surface area contributed by atoms with E-state index < -0.39 is 12.0 Å². The van der Waals surface area contributed by atoms with Crippen molar-refractivity contribution in [2.75, 3.05) is 12.4 Å². The van der Waals surface area contributed by atoms with Crippen LogP contribution in [0.2, 0.25) is 0 Å². The zero-order valence-electron chi connectivity index (χ0n) is 12.9. The van der Waals surface area contributed by atoms with Crippen molar-refractivity contribution in [3.05, 3.63) is 36.0 Å². The van der Waals surface area contributed by atoms with Crippen molar-refractivity contribution in [3.8, 4) is 5.75 Å². The lowest BCUT2D eigenvalue weighted by molar-refractivity contribution is -0.137. The molecule has 1 N–H and O–H groups in total. The van der Waals surface area contributed by atoms with E-state index in [1.807, 2.05) is 30.3 Å². The fourth-order valence-corrected chi connectivity index (χ4v) is 3.28. The molecule has 5 nitrogen and oxygen atoms in total. The van der Waals surface area contributed by atoms with Crippen LogP contribution in [0.25, 0.3) is 10.9 Å². The fraction of sp³-hybridized carbons (Fsp3) is 0.353. The summed E-state index contributed by atoms with van der Waals surface area (Å²) in [7, 11) is 0. The van der Waals surface area contributed by atoms with Gasteiger partial charge in [0, 0.05) is 11.1 Å². The topological polar surface area (TPSA) is 71.8 Å².